The molecule has 0 fully saturated rings. The number of hydrogen-bond donors (Lipinski definition) is 1. The minimum Gasteiger partial charge on any atom is -0.497 e. The number of hydrogen-bond acceptors (Lipinski definition) is 2. The molecule has 0 aliphatic heterocycles. The molecule has 2 rings (SSSR count). The first-order valence-corrected chi connectivity index (χ1v) is 7.46. The monoisotopic (exact) mass is 333 g/mol. The molecule has 2 aromatic carbocycles. The number of methoxy groups -OCH3 is 1. The third-order valence-corrected chi connectivity index (χ3v) is 4.39. The zero-order valence-corrected chi connectivity index (χ0v) is 13.7. The van der Waals surface area contributed by atoms with E-state index in [4.69, 9.17) is 10.5 Å². The zero-order valence-electron chi connectivity index (χ0n) is 12.1. The van der Waals surface area contributed by atoms with Gasteiger partial charge in [0.05, 0.1) is 7.11 Å². The van der Waals surface area contributed by atoms with Crippen molar-refractivity contribution in [3.8, 4) is 5.75 Å². The largest absolute Gasteiger partial charge is 0.497 e. The lowest BCUT2D eigenvalue weighted by Crippen LogP contribution is -2.15. The summed E-state index contributed by atoms with van der Waals surface area (Å²) in [5.74, 6) is 0.833. The Hall–Kier alpha value is -1.32. The highest BCUT2D eigenvalue weighted by Crippen LogP contribution is 2.29. The van der Waals surface area contributed by atoms with Crippen LogP contribution in [0.3, 0.4) is 0 Å². The fourth-order valence-electron chi connectivity index (χ4n) is 2.43. The van der Waals surface area contributed by atoms with E-state index in [9.17, 15) is 0 Å². The maximum Gasteiger partial charge on any atom is 0.119 e. The van der Waals surface area contributed by atoms with E-state index in [-0.39, 0.29) is 6.04 Å². The topological polar surface area (TPSA) is 35.2 Å². The van der Waals surface area contributed by atoms with Gasteiger partial charge in [-0.25, -0.2) is 0 Å². The molecule has 0 saturated heterocycles. The molecule has 0 spiro atoms. The maximum atomic E-state index is 6.40. The molecule has 0 aliphatic carbocycles. The summed E-state index contributed by atoms with van der Waals surface area (Å²) in [6.07, 6.45) is 0.824. The molecule has 2 aromatic rings. The van der Waals surface area contributed by atoms with Crippen LogP contribution in [0.4, 0.5) is 0 Å². The van der Waals surface area contributed by atoms with E-state index in [2.05, 4.69) is 48.0 Å². The molecule has 2 N–H and O–H groups in total. The van der Waals surface area contributed by atoms with Gasteiger partial charge in [-0.3, -0.25) is 0 Å². The van der Waals surface area contributed by atoms with E-state index < -0.39 is 0 Å². The Morgan fingerprint density at radius 3 is 2.40 bits per heavy atom. The number of benzene rings is 2. The van der Waals surface area contributed by atoms with Crippen LogP contribution in [0.5, 0.6) is 5.75 Å². The standard InChI is InChI=1S/C17H20BrNO/c1-11-5-4-6-12(2)14(11)10-17(19)15-9-13(20-3)7-8-16(15)18/h4-9,17H,10,19H2,1-3H3. The van der Waals surface area contributed by atoms with Crippen LogP contribution in [-0.2, 0) is 6.42 Å². The first kappa shape index (κ1) is 15.1. The average molecular weight is 334 g/mol. The van der Waals surface area contributed by atoms with Crippen molar-refractivity contribution in [2.45, 2.75) is 26.3 Å². The summed E-state index contributed by atoms with van der Waals surface area (Å²) >= 11 is 3.58. The molecule has 0 amide bonds. The van der Waals surface area contributed by atoms with E-state index in [0.29, 0.717) is 0 Å². The molecule has 0 bridgehead atoms. The van der Waals surface area contributed by atoms with Crippen LogP contribution in [0.25, 0.3) is 0 Å². The number of ether oxygens (including phenoxy) is 1. The maximum absolute atomic E-state index is 6.40. The van der Waals surface area contributed by atoms with Crippen molar-refractivity contribution in [2.75, 3.05) is 7.11 Å². The second kappa shape index (κ2) is 6.42. The van der Waals surface area contributed by atoms with Gasteiger partial charge in [-0.15, -0.1) is 0 Å². The van der Waals surface area contributed by atoms with Crippen LogP contribution in [0, 0.1) is 13.8 Å². The molecule has 1 unspecified atom stereocenters. The zero-order chi connectivity index (χ0) is 14.7. The van der Waals surface area contributed by atoms with Crippen LogP contribution in [0.15, 0.2) is 40.9 Å². The van der Waals surface area contributed by atoms with Crippen molar-refractivity contribution in [3.63, 3.8) is 0 Å². The first-order chi connectivity index (χ1) is 9.52. The van der Waals surface area contributed by atoms with E-state index in [1.165, 1.54) is 16.7 Å². The van der Waals surface area contributed by atoms with Gasteiger partial charge in [0.2, 0.25) is 0 Å². The molecule has 2 nitrogen and oxygen atoms in total. The fraction of sp³-hybridized carbons (Fsp3) is 0.294. The fourth-order valence-corrected chi connectivity index (χ4v) is 2.97. The molecule has 0 aromatic heterocycles. The van der Waals surface area contributed by atoms with Gasteiger partial charge >= 0.3 is 0 Å². The van der Waals surface area contributed by atoms with Crippen molar-refractivity contribution in [2.24, 2.45) is 5.73 Å². The Kier molecular flexibility index (Phi) is 4.84. The minimum absolute atomic E-state index is 0.0562. The smallest absolute Gasteiger partial charge is 0.119 e. The van der Waals surface area contributed by atoms with Crippen LogP contribution < -0.4 is 10.5 Å². The molecule has 0 saturated carbocycles. The van der Waals surface area contributed by atoms with E-state index >= 15 is 0 Å². The van der Waals surface area contributed by atoms with Gasteiger partial charge in [0.1, 0.15) is 5.75 Å². The van der Waals surface area contributed by atoms with Crippen LogP contribution in [-0.4, -0.2) is 7.11 Å². The second-order valence-corrected chi connectivity index (χ2v) is 5.92. The second-order valence-electron chi connectivity index (χ2n) is 5.07. The van der Waals surface area contributed by atoms with Gasteiger partial charge in [-0.2, -0.15) is 0 Å². The lowest BCUT2D eigenvalue weighted by atomic mass is 9.93. The van der Waals surface area contributed by atoms with Crippen molar-refractivity contribution < 1.29 is 4.74 Å². The summed E-state index contributed by atoms with van der Waals surface area (Å²) in [6.45, 7) is 4.27. The van der Waals surface area contributed by atoms with Crippen molar-refractivity contribution in [1.82, 2.24) is 0 Å². The van der Waals surface area contributed by atoms with Crippen LogP contribution >= 0.6 is 15.9 Å². The summed E-state index contributed by atoms with van der Waals surface area (Å²) in [5, 5.41) is 0. The number of halogens is 1. The normalized spacial score (nSPS) is 12.2. The summed E-state index contributed by atoms with van der Waals surface area (Å²) < 4.78 is 6.31. The van der Waals surface area contributed by atoms with E-state index in [0.717, 1.165) is 22.2 Å². The van der Waals surface area contributed by atoms with Crippen LogP contribution in [0.1, 0.15) is 28.3 Å². The summed E-state index contributed by atoms with van der Waals surface area (Å²) in [6, 6.07) is 12.2. The molecule has 20 heavy (non-hydrogen) atoms. The Bertz CT molecular complexity index is 590. The lowest BCUT2D eigenvalue weighted by molar-refractivity contribution is 0.413. The van der Waals surface area contributed by atoms with Gasteiger partial charge in [0.15, 0.2) is 0 Å². The number of aryl methyl sites for hydroxylation is 2. The van der Waals surface area contributed by atoms with E-state index in [1.54, 1.807) is 7.11 Å². The third-order valence-electron chi connectivity index (χ3n) is 3.67. The van der Waals surface area contributed by atoms with Gasteiger partial charge in [-0.1, -0.05) is 34.1 Å². The molecular formula is C17H20BrNO. The highest BCUT2D eigenvalue weighted by atomic mass is 79.9. The Labute approximate surface area is 129 Å². The van der Waals surface area contributed by atoms with Gasteiger partial charge in [-0.05, 0) is 60.7 Å². The van der Waals surface area contributed by atoms with Crippen LogP contribution in [0.2, 0.25) is 0 Å². The lowest BCUT2D eigenvalue weighted by Gasteiger charge is -2.18. The molecule has 3 heteroatoms. The SMILES string of the molecule is COc1ccc(Br)c(C(N)Cc2c(C)cccc2C)c1. The highest BCUT2D eigenvalue weighted by Gasteiger charge is 2.14. The van der Waals surface area contributed by atoms with Gasteiger partial charge in [0.25, 0.3) is 0 Å². The molecule has 106 valence electrons. The predicted molar refractivity (Wildman–Crippen MR) is 87.2 cm³/mol. The van der Waals surface area contributed by atoms with Crippen molar-refractivity contribution in [1.29, 1.82) is 0 Å². The molecule has 1 atom stereocenters. The molecular weight excluding hydrogens is 314 g/mol. The van der Waals surface area contributed by atoms with Crippen molar-refractivity contribution in [3.05, 3.63) is 63.1 Å². The number of nitrogens with two attached hydrogens (primary N) is 1. The van der Waals surface area contributed by atoms with Crippen molar-refractivity contribution >= 4 is 15.9 Å². The van der Waals surface area contributed by atoms with Gasteiger partial charge < -0.3 is 10.5 Å². The molecule has 0 aliphatic rings. The number of rotatable bonds is 4. The highest BCUT2D eigenvalue weighted by molar-refractivity contribution is 9.10. The third kappa shape index (κ3) is 3.22. The predicted octanol–water partition coefficient (Wildman–Crippen LogP) is 4.32. The first-order valence-electron chi connectivity index (χ1n) is 6.67. The quantitative estimate of drug-likeness (QED) is 0.904. The van der Waals surface area contributed by atoms with E-state index in [1.807, 2.05) is 18.2 Å². The molecule has 0 radical (unpaired) electrons. The summed E-state index contributed by atoms with van der Waals surface area (Å²) in [5.41, 5.74) is 11.4. The Morgan fingerprint density at radius 1 is 1.15 bits per heavy atom. The summed E-state index contributed by atoms with van der Waals surface area (Å²) in [4.78, 5) is 0. The molecule has 0 heterocycles. The Balaban J connectivity index is 2.30. The average Bonchev–Trinajstić information content (AvgIpc) is 2.43. The summed E-state index contributed by atoms with van der Waals surface area (Å²) in [7, 11) is 1.67. The minimum atomic E-state index is -0.0562. The van der Waals surface area contributed by atoms with Gasteiger partial charge in [0, 0.05) is 10.5 Å². The Morgan fingerprint density at radius 2 is 1.80 bits per heavy atom.